The highest BCUT2D eigenvalue weighted by Crippen LogP contribution is 2.41. The largest absolute Gasteiger partial charge is 0.310 e. The van der Waals surface area contributed by atoms with Crippen molar-refractivity contribution in [1.82, 2.24) is 0 Å². The maximum atomic E-state index is 2.39. The molecule has 0 fully saturated rings. The van der Waals surface area contributed by atoms with Gasteiger partial charge in [0.2, 0.25) is 0 Å². The molecular weight excluding hydrogens is 663 g/mol. The molecule has 0 atom stereocenters. The topological polar surface area (TPSA) is 3.24 Å². The summed E-state index contributed by atoms with van der Waals surface area (Å²) in [5.41, 5.74) is 13.0. The van der Waals surface area contributed by atoms with Gasteiger partial charge in [-0.05, 0) is 114 Å². The van der Waals surface area contributed by atoms with Crippen molar-refractivity contribution in [3.05, 3.63) is 224 Å². The number of hydrogen-bond donors (Lipinski definition) is 0. The van der Waals surface area contributed by atoms with E-state index in [-0.39, 0.29) is 0 Å². The first kappa shape index (κ1) is 32.4. The lowest BCUT2D eigenvalue weighted by Gasteiger charge is -2.27. The lowest BCUT2D eigenvalue weighted by Crippen LogP contribution is -2.10. The molecule has 0 spiro atoms. The van der Waals surface area contributed by atoms with E-state index in [9.17, 15) is 0 Å². The van der Waals surface area contributed by atoms with E-state index >= 15 is 0 Å². The van der Waals surface area contributed by atoms with Gasteiger partial charge in [-0.1, -0.05) is 182 Å². The van der Waals surface area contributed by atoms with E-state index in [0.717, 1.165) is 17.1 Å². The van der Waals surface area contributed by atoms with Gasteiger partial charge in [0.25, 0.3) is 0 Å². The molecule has 0 heterocycles. The summed E-state index contributed by atoms with van der Waals surface area (Å²) in [5, 5.41) is 7.53. The zero-order valence-electron chi connectivity index (χ0n) is 30.3. The minimum Gasteiger partial charge on any atom is -0.310 e. The Bertz CT molecular complexity index is 2940. The van der Waals surface area contributed by atoms with Crippen molar-refractivity contribution < 1.29 is 0 Å². The second-order valence-corrected chi connectivity index (χ2v) is 14.1. The normalized spacial score (nSPS) is 11.3. The van der Waals surface area contributed by atoms with Crippen LogP contribution in [-0.4, -0.2) is 0 Å². The fourth-order valence-electron chi connectivity index (χ4n) is 8.08. The predicted molar refractivity (Wildman–Crippen MR) is 235 cm³/mol. The Balaban J connectivity index is 1.04. The second kappa shape index (κ2) is 14.0. The molecule has 55 heavy (non-hydrogen) atoms. The Morgan fingerprint density at radius 1 is 0.236 bits per heavy atom. The van der Waals surface area contributed by atoms with E-state index in [4.69, 9.17) is 0 Å². The molecule has 0 amide bonds. The summed E-state index contributed by atoms with van der Waals surface area (Å²) >= 11 is 0. The van der Waals surface area contributed by atoms with Crippen LogP contribution in [0.5, 0.6) is 0 Å². The van der Waals surface area contributed by atoms with Crippen LogP contribution in [0.1, 0.15) is 0 Å². The summed E-state index contributed by atoms with van der Waals surface area (Å²) in [7, 11) is 0. The van der Waals surface area contributed by atoms with Gasteiger partial charge in [-0.3, -0.25) is 0 Å². The monoisotopic (exact) mass is 699 g/mol. The van der Waals surface area contributed by atoms with E-state index in [1.807, 2.05) is 0 Å². The second-order valence-electron chi connectivity index (χ2n) is 14.1. The minimum atomic E-state index is 1.11. The molecule has 10 aromatic carbocycles. The van der Waals surface area contributed by atoms with Crippen molar-refractivity contribution in [3.63, 3.8) is 0 Å². The molecule has 0 aliphatic rings. The summed E-state index contributed by atoms with van der Waals surface area (Å²) in [4.78, 5) is 2.39. The molecule has 1 heteroatoms. The molecule has 10 rings (SSSR count). The summed E-state index contributed by atoms with van der Waals surface area (Å²) in [6.07, 6.45) is 0. The molecule has 0 bridgehead atoms. The Kier molecular flexibility index (Phi) is 8.24. The van der Waals surface area contributed by atoms with Crippen LogP contribution in [-0.2, 0) is 0 Å². The molecule has 0 radical (unpaired) electrons. The van der Waals surface area contributed by atoms with Crippen LogP contribution in [0.2, 0.25) is 0 Å². The lowest BCUT2D eigenvalue weighted by atomic mass is 9.91. The number of fused-ring (bicyclic) bond motifs is 4. The van der Waals surface area contributed by atoms with Crippen molar-refractivity contribution in [1.29, 1.82) is 0 Å². The first-order chi connectivity index (χ1) is 27.3. The third-order valence-electron chi connectivity index (χ3n) is 10.9. The highest BCUT2D eigenvalue weighted by Gasteiger charge is 2.17. The molecule has 1 nitrogen and oxygen atoms in total. The summed E-state index contributed by atoms with van der Waals surface area (Å²) < 4.78 is 0. The molecule has 0 aromatic heterocycles. The SMILES string of the molecule is c1ccc(-c2ccc(-c3ccc(N(c4ccc(-c5ccc6c(ccc7ccccc76)c5)cc4)c4cccc5ccccc45)cc3)cc2-c2ccccc2)cc1. The van der Waals surface area contributed by atoms with Crippen molar-refractivity contribution in [2.45, 2.75) is 0 Å². The third-order valence-corrected chi connectivity index (χ3v) is 10.9. The summed E-state index contributed by atoms with van der Waals surface area (Å²) in [5.74, 6) is 0. The summed E-state index contributed by atoms with van der Waals surface area (Å²) in [6.45, 7) is 0. The van der Waals surface area contributed by atoms with Crippen molar-refractivity contribution in [2.24, 2.45) is 0 Å². The number of hydrogen-bond acceptors (Lipinski definition) is 1. The first-order valence-corrected chi connectivity index (χ1v) is 18.9. The Morgan fingerprint density at radius 3 is 1.38 bits per heavy atom. The Morgan fingerprint density at radius 2 is 0.709 bits per heavy atom. The van der Waals surface area contributed by atoms with Crippen LogP contribution in [0.15, 0.2) is 224 Å². The maximum absolute atomic E-state index is 2.39. The van der Waals surface area contributed by atoms with Crippen LogP contribution in [0, 0.1) is 0 Å². The maximum Gasteiger partial charge on any atom is 0.0540 e. The van der Waals surface area contributed by atoms with Crippen LogP contribution in [0.25, 0.3) is 76.8 Å². The fourth-order valence-corrected chi connectivity index (χ4v) is 8.08. The highest BCUT2D eigenvalue weighted by molar-refractivity contribution is 6.08. The van der Waals surface area contributed by atoms with Gasteiger partial charge in [-0.2, -0.15) is 0 Å². The predicted octanol–water partition coefficient (Wildman–Crippen LogP) is 15.3. The van der Waals surface area contributed by atoms with Gasteiger partial charge in [0.1, 0.15) is 0 Å². The first-order valence-electron chi connectivity index (χ1n) is 18.9. The Labute approximate surface area is 322 Å². The highest BCUT2D eigenvalue weighted by atomic mass is 15.1. The average molecular weight is 700 g/mol. The minimum absolute atomic E-state index is 1.11. The van der Waals surface area contributed by atoms with Gasteiger partial charge in [-0.15, -0.1) is 0 Å². The van der Waals surface area contributed by atoms with E-state index in [1.54, 1.807) is 0 Å². The van der Waals surface area contributed by atoms with Gasteiger partial charge in [0.15, 0.2) is 0 Å². The average Bonchev–Trinajstić information content (AvgIpc) is 3.27. The molecule has 0 aliphatic heterocycles. The van der Waals surface area contributed by atoms with Crippen LogP contribution >= 0.6 is 0 Å². The van der Waals surface area contributed by atoms with Crippen LogP contribution in [0.3, 0.4) is 0 Å². The number of nitrogens with zero attached hydrogens (tertiary/aromatic N) is 1. The van der Waals surface area contributed by atoms with Gasteiger partial charge in [0.05, 0.1) is 5.69 Å². The molecule has 258 valence electrons. The number of benzene rings is 10. The van der Waals surface area contributed by atoms with Crippen molar-refractivity contribution >= 4 is 49.4 Å². The lowest BCUT2D eigenvalue weighted by molar-refractivity contribution is 1.30. The van der Waals surface area contributed by atoms with E-state index in [0.29, 0.717) is 0 Å². The number of anilines is 3. The molecule has 0 aliphatic carbocycles. The smallest absolute Gasteiger partial charge is 0.0540 e. The van der Waals surface area contributed by atoms with Crippen LogP contribution < -0.4 is 4.90 Å². The Hall–Kier alpha value is -7.22. The zero-order chi connectivity index (χ0) is 36.6. The van der Waals surface area contributed by atoms with Gasteiger partial charge in [0, 0.05) is 16.8 Å². The fraction of sp³-hybridized carbons (Fsp3) is 0. The molecule has 0 saturated heterocycles. The van der Waals surface area contributed by atoms with E-state index < -0.39 is 0 Å². The number of rotatable bonds is 7. The van der Waals surface area contributed by atoms with E-state index in [2.05, 4.69) is 229 Å². The van der Waals surface area contributed by atoms with E-state index in [1.165, 1.54) is 76.8 Å². The van der Waals surface area contributed by atoms with Gasteiger partial charge < -0.3 is 4.90 Å². The standard InChI is InChI=1S/C54H37N/c1-3-12-40(13-4-1)50-34-29-45(37-53(50)42-14-5-2-6-15-42)39-26-32-48(33-27-39)55(54-21-11-18-41-16-8-10-20-52(41)54)47-30-24-38(25-31-47)44-28-35-51-46(36-44)23-22-43-17-7-9-19-49(43)51/h1-37H. The van der Waals surface area contributed by atoms with Gasteiger partial charge in [-0.25, -0.2) is 0 Å². The zero-order valence-corrected chi connectivity index (χ0v) is 30.3. The van der Waals surface area contributed by atoms with Crippen LogP contribution in [0.4, 0.5) is 17.1 Å². The molecule has 0 saturated carbocycles. The summed E-state index contributed by atoms with van der Waals surface area (Å²) in [6, 6.07) is 81.4. The van der Waals surface area contributed by atoms with Gasteiger partial charge >= 0.3 is 0 Å². The molecule has 0 N–H and O–H groups in total. The molecule has 0 unspecified atom stereocenters. The quantitative estimate of drug-likeness (QED) is 0.150. The molecular formula is C54H37N. The van der Waals surface area contributed by atoms with Crippen molar-refractivity contribution in [3.8, 4) is 44.5 Å². The third kappa shape index (κ3) is 6.12. The van der Waals surface area contributed by atoms with Crippen molar-refractivity contribution in [2.75, 3.05) is 4.90 Å². The molecule has 10 aromatic rings.